The van der Waals surface area contributed by atoms with Crippen molar-refractivity contribution in [3.05, 3.63) is 52.9 Å². The number of aliphatic hydroxyl groups excluding tert-OH is 4. The number of rotatable bonds is 6. The third kappa shape index (κ3) is 4.26. The van der Waals surface area contributed by atoms with Gasteiger partial charge in [0.25, 0.3) is 0 Å². The Kier molecular flexibility index (Phi) is 6.54. The Morgan fingerprint density at radius 1 is 0.939 bits per heavy atom. The molecule has 1 saturated heterocycles. The molecule has 0 spiro atoms. The molecule has 10 nitrogen and oxygen atoms in total. The zero-order chi connectivity index (χ0) is 23.7. The van der Waals surface area contributed by atoms with Crippen molar-refractivity contribution in [1.29, 1.82) is 0 Å². The van der Waals surface area contributed by atoms with E-state index in [0.29, 0.717) is 16.9 Å². The third-order valence-electron chi connectivity index (χ3n) is 5.55. The summed E-state index contributed by atoms with van der Waals surface area (Å²) in [5.74, 6) is 0.859. The molecule has 5 unspecified atom stereocenters. The summed E-state index contributed by atoms with van der Waals surface area (Å²) < 4.78 is 27.2. The highest BCUT2D eigenvalue weighted by atomic mass is 16.7. The second kappa shape index (κ2) is 9.38. The molecule has 1 aliphatic heterocycles. The molecule has 1 aliphatic rings. The predicted molar refractivity (Wildman–Crippen MR) is 115 cm³/mol. The number of benzene rings is 2. The van der Waals surface area contributed by atoms with Gasteiger partial charge in [-0.1, -0.05) is 12.1 Å². The Labute approximate surface area is 188 Å². The molecule has 1 aromatic heterocycles. The highest BCUT2D eigenvalue weighted by Crippen LogP contribution is 2.35. The Balaban J connectivity index is 1.73. The summed E-state index contributed by atoms with van der Waals surface area (Å²) in [6.07, 6.45) is -5.99. The first-order valence-corrected chi connectivity index (χ1v) is 10.1. The Bertz CT molecular complexity index is 1170. The maximum Gasteiger partial charge on any atom is 0.229 e. The summed E-state index contributed by atoms with van der Waals surface area (Å²) in [4.78, 5) is 13.2. The van der Waals surface area contributed by atoms with Gasteiger partial charge in [0.1, 0.15) is 42.0 Å². The first-order chi connectivity index (χ1) is 15.9. The molecule has 0 saturated carbocycles. The predicted octanol–water partition coefficient (Wildman–Crippen LogP) is 0.656. The lowest BCUT2D eigenvalue weighted by molar-refractivity contribution is -0.277. The maximum atomic E-state index is 13.2. The Morgan fingerprint density at radius 3 is 2.30 bits per heavy atom. The topological polar surface area (TPSA) is 148 Å². The van der Waals surface area contributed by atoms with Gasteiger partial charge in [-0.2, -0.15) is 0 Å². The Morgan fingerprint density at radius 2 is 1.67 bits per heavy atom. The van der Waals surface area contributed by atoms with Crippen LogP contribution in [-0.4, -0.2) is 72.0 Å². The van der Waals surface area contributed by atoms with Crippen LogP contribution >= 0.6 is 0 Å². The van der Waals surface area contributed by atoms with Crippen molar-refractivity contribution in [3.8, 4) is 28.4 Å². The van der Waals surface area contributed by atoms with E-state index in [1.165, 1.54) is 25.5 Å². The summed E-state index contributed by atoms with van der Waals surface area (Å²) >= 11 is 0. The van der Waals surface area contributed by atoms with Gasteiger partial charge in [-0.3, -0.25) is 4.79 Å². The lowest BCUT2D eigenvalue weighted by Gasteiger charge is -2.39. The lowest BCUT2D eigenvalue weighted by Crippen LogP contribution is -2.60. The fourth-order valence-corrected chi connectivity index (χ4v) is 3.65. The molecule has 0 radical (unpaired) electrons. The van der Waals surface area contributed by atoms with Crippen molar-refractivity contribution in [2.45, 2.75) is 30.7 Å². The SMILES string of the molecule is COc1ccc(-c2coc3cc(OC)c(OC4OC(CO)C(O)C(O)C4O)cc3c2=O)cc1. The van der Waals surface area contributed by atoms with Crippen LogP contribution in [0.1, 0.15) is 0 Å². The normalized spacial score (nSPS) is 25.1. The van der Waals surface area contributed by atoms with Crippen LogP contribution in [0.15, 0.2) is 51.9 Å². The van der Waals surface area contributed by atoms with E-state index in [0.717, 1.165) is 0 Å². The lowest BCUT2D eigenvalue weighted by atomic mass is 9.99. The van der Waals surface area contributed by atoms with Gasteiger partial charge in [0.15, 0.2) is 11.5 Å². The molecule has 3 aromatic rings. The van der Waals surface area contributed by atoms with Crippen molar-refractivity contribution in [2.24, 2.45) is 0 Å². The molecule has 33 heavy (non-hydrogen) atoms. The first-order valence-electron chi connectivity index (χ1n) is 10.1. The van der Waals surface area contributed by atoms with Gasteiger partial charge in [-0.15, -0.1) is 0 Å². The van der Waals surface area contributed by atoms with E-state index >= 15 is 0 Å². The molecular formula is C23H24O10. The van der Waals surface area contributed by atoms with Gasteiger partial charge in [-0.05, 0) is 23.8 Å². The van der Waals surface area contributed by atoms with Crippen LogP contribution in [0.5, 0.6) is 17.2 Å². The zero-order valence-electron chi connectivity index (χ0n) is 17.9. The van der Waals surface area contributed by atoms with E-state index in [2.05, 4.69) is 0 Å². The second-order valence-electron chi connectivity index (χ2n) is 7.52. The summed E-state index contributed by atoms with van der Waals surface area (Å²) in [6, 6.07) is 9.74. The fourth-order valence-electron chi connectivity index (χ4n) is 3.65. The van der Waals surface area contributed by atoms with Crippen LogP contribution in [0.2, 0.25) is 0 Å². The van der Waals surface area contributed by atoms with E-state index in [4.69, 9.17) is 23.4 Å². The molecule has 176 valence electrons. The zero-order valence-corrected chi connectivity index (χ0v) is 17.9. The minimum atomic E-state index is -1.62. The molecule has 2 heterocycles. The van der Waals surface area contributed by atoms with Crippen molar-refractivity contribution in [2.75, 3.05) is 20.8 Å². The molecule has 1 fully saturated rings. The second-order valence-corrected chi connectivity index (χ2v) is 7.52. The van der Waals surface area contributed by atoms with Crippen LogP contribution < -0.4 is 19.6 Å². The number of hydrogen-bond donors (Lipinski definition) is 4. The van der Waals surface area contributed by atoms with Gasteiger partial charge in [0.2, 0.25) is 11.7 Å². The fraction of sp³-hybridized carbons (Fsp3) is 0.348. The van der Waals surface area contributed by atoms with Crippen molar-refractivity contribution in [3.63, 3.8) is 0 Å². The van der Waals surface area contributed by atoms with Crippen LogP contribution in [0.25, 0.3) is 22.1 Å². The number of aliphatic hydroxyl groups is 4. The number of methoxy groups -OCH3 is 2. The van der Waals surface area contributed by atoms with Gasteiger partial charge in [0.05, 0.1) is 31.8 Å². The average molecular weight is 460 g/mol. The summed E-state index contributed by atoms with van der Waals surface area (Å²) in [5.41, 5.74) is 0.853. The van der Waals surface area contributed by atoms with Crippen LogP contribution in [0, 0.1) is 0 Å². The molecule has 0 bridgehead atoms. The highest BCUT2D eigenvalue weighted by molar-refractivity contribution is 5.84. The van der Waals surface area contributed by atoms with Crippen LogP contribution in [0.4, 0.5) is 0 Å². The van der Waals surface area contributed by atoms with E-state index in [9.17, 15) is 25.2 Å². The molecule has 10 heteroatoms. The number of fused-ring (bicyclic) bond motifs is 1. The maximum absolute atomic E-state index is 13.2. The molecule has 5 atom stereocenters. The third-order valence-corrected chi connectivity index (χ3v) is 5.55. The van der Waals surface area contributed by atoms with E-state index in [1.807, 2.05) is 0 Å². The van der Waals surface area contributed by atoms with E-state index < -0.39 is 37.3 Å². The van der Waals surface area contributed by atoms with Gasteiger partial charge in [-0.25, -0.2) is 0 Å². The highest BCUT2D eigenvalue weighted by Gasteiger charge is 2.45. The van der Waals surface area contributed by atoms with E-state index in [1.54, 1.807) is 31.4 Å². The van der Waals surface area contributed by atoms with Gasteiger partial charge >= 0.3 is 0 Å². The monoisotopic (exact) mass is 460 g/mol. The smallest absolute Gasteiger partial charge is 0.229 e. The molecule has 2 aromatic carbocycles. The molecule has 0 amide bonds. The largest absolute Gasteiger partial charge is 0.497 e. The summed E-state index contributed by atoms with van der Waals surface area (Å²) in [6.45, 7) is -0.603. The van der Waals surface area contributed by atoms with E-state index in [-0.39, 0.29) is 27.9 Å². The quantitative estimate of drug-likeness (QED) is 0.413. The molecule has 4 rings (SSSR count). The number of hydrogen-bond acceptors (Lipinski definition) is 10. The number of ether oxygens (including phenoxy) is 4. The molecule has 4 N–H and O–H groups in total. The van der Waals surface area contributed by atoms with Gasteiger partial charge < -0.3 is 43.8 Å². The van der Waals surface area contributed by atoms with Crippen LogP contribution in [-0.2, 0) is 4.74 Å². The molecular weight excluding hydrogens is 436 g/mol. The van der Waals surface area contributed by atoms with Crippen molar-refractivity contribution in [1.82, 2.24) is 0 Å². The minimum Gasteiger partial charge on any atom is -0.497 e. The molecule has 0 aliphatic carbocycles. The summed E-state index contributed by atoms with van der Waals surface area (Å²) in [7, 11) is 2.93. The summed E-state index contributed by atoms with van der Waals surface area (Å²) in [5, 5.41) is 39.8. The first kappa shape index (κ1) is 23.0. The van der Waals surface area contributed by atoms with Gasteiger partial charge in [0, 0.05) is 6.07 Å². The van der Waals surface area contributed by atoms with Crippen molar-refractivity contribution >= 4 is 11.0 Å². The average Bonchev–Trinajstić information content (AvgIpc) is 2.84. The standard InChI is InChI=1S/C23H24O10/c1-29-12-5-3-11(4-6-12)14-10-31-15-8-16(30-2)17(7-13(15)19(14)25)32-23-22(28)21(27)20(26)18(9-24)33-23/h3-8,10,18,20-24,26-28H,9H2,1-2H3. The Hall–Kier alpha value is -3.15. The van der Waals surface area contributed by atoms with Crippen molar-refractivity contribution < 1.29 is 43.8 Å². The minimum absolute atomic E-state index is 0.0357. The van der Waals surface area contributed by atoms with Crippen LogP contribution in [0.3, 0.4) is 0 Å².